The second-order valence-electron chi connectivity index (χ2n) is 6.79. The van der Waals surface area contributed by atoms with E-state index in [1.54, 1.807) is 0 Å². The van der Waals surface area contributed by atoms with E-state index in [0.29, 0.717) is 6.04 Å². The molecule has 112 valence electrons. The van der Waals surface area contributed by atoms with Gasteiger partial charge in [0.15, 0.2) is 0 Å². The van der Waals surface area contributed by atoms with Crippen LogP contribution in [0.2, 0.25) is 0 Å². The summed E-state index contributed by atoms with van der Waals surface area (Å²) in [5.74, 6) is 1.04. The van der Waals surface area contributed by atoms with E-state index in [2.05, 4.69) is 24.1 Å². The first kappa shape index (κ1) is 15.3. The number of hydrogen-bond acceptors (Lipinski definition) is 2. The van der Waals surface area contributed by atoms with Gasteiger partial charge in [0, 0.05) is 25.2 Å². The maximum atomic E-state index is 3.73. The Kier molecular flexibility index (Phi) is 6.66. The Balaban J connectivity index is 1.59. The van der Waals surface area contributed by atoms with Crippen molar-refractivity contribution >= 4 is 0 Å². The first-order valence-electron chi connectivity index (χ1n) is 8.78. The molecule has 2 rings (SSSR count). The summed E-state index contributed by atoms with van der Waals surface area (Å²) in [5, 5.41) is 3.73. The zero-order valence-electron chi connectivity index (χ0n) is 13.2. The molecule has 1 heterocycles. The average molecular weight is 266 g/mol. The van der Waals surface area contributed by atoms with E-state index in [9.17, 15) is 0 Å². The van der Waals surface area contributed by atoms with Gasteiger partial charge in [-0.15, -0.1) is 0 Å². The summed E-state index contributed by atoms with van der Waals surface area (Å²) in [6.07, 6.45) is 12.9. The Morgan fingerprint density at radius 2 is 2.00 bits per heavy atom. The lowest BCUT2D eigenvalue weighted by Gasteiger charge is -2.38. The molecule has 0 radical (unpaired) electrons. The van der Waals surface area contributed by atoms with Gasteiger partial charge in [-0.05, 0) is 51.5 Å². The van der Waals surface area contributed by atoms with Gasteiger partial charge in [-0.2, -0.15) is 0 Å². The fourth-order valence-electron chi connectivity index (χ4n) is 4.09. The van der Waals surface area contributed by atoms with Crippen molar-refractivity contribution in [3.05, 3.63) is 0 Å². The number of hydrogen-bond donors (Lipinski definition) is 1. The Labute approximate surface area is 120 Å². The summed E-state index contributed by atoms with van der Waals surface area (Å²) < 4.78 is 0. The van der Waals surface area contributed by atoms with Crippen molar-refractivity contribution in [3.63, 3.8) is 0 Å². The number of piperidine rings is 1. The van der Waals surface area contributed by atoms with Crippen molar-refractivity contribution in [2.24, 2.45) is 5.92 Å². The maximum Gasteiger partial charge on any atom is 0.0124 e. The molecule has 2 aliphatic rings. The summed E-state index contributed by atoms with van der Waals surface area (Å²) >= 11 is 0. The van der Waals surface area contributed by atoms with E-state index in [-0.39, 0.29) is 0 Å². The van der Waals surface area contributed by atoms with Crippen LogP contribution in [0.25, 0.3) is 0 Å². The van der Waals surface area contributed by atoms with Gasteiger partial charge < -0.3 is 5.32 Å². The largest absolute Gasteiger partial charge is 0.313 e. The molecule has 1 saturated carbocycles. The van der Waals surface area contributed by atoms with Crippen LogP contribution in [-0.2, 0) is 0 Å². The normalized spacial score (nSPS) is 29.4. The standard InChI is InChI=1S/C17H34N2/c1-3-4-5-8-15(2)18-12-14-19-13-7-10-16-9-6-11-17(16)19/h15-18H,3-14H2,1-2H3. The monoisotopic (exact) mass is 266 g/mol. The zero-order valence-corrected chi connectivity index (χ0v) is 13.2. The molecule has 2 heteroatoms. The zero-order chi connectivity index (χ0) is 13.5. The van der Waals surface area contributed by atoms with E-state index >= 15 is 0 Å². The van der Waals surface area contributed by atoms with E-state index < -0.39 is 0 Å². The average Bonchev–Trinajstić information content (AvgIpc) is 2.88. The Morgan fingerprint density at radius 3 is 2.84 bits per heavy atom. The van der Waals surface area contributed by atoms with E-state index in [1.165, 1.54) is 77.4 Å². The van der Waals surface area contributed by atoms with E-state index in [4.69, 9.17) is 0 Å². The second-order valence-corrected chi connectivity index (χ2v) is 6.79. The van der Waals surface area contributed by atoms with E-state index in [0.717, 1.165) is 12.0 Å². The Morgan fingerprint density at radius 1 is 1.16 bits per heavy atom. The highest BCUT2D eigenvalue weighted by Gasteiger charge is 2.34. The molecule has 0 aromatic carbocycles. The minimum Gasteiger partial charge on any atom is -0.313 e. The van der Waals surface area contributed by atoms with Crippen molar-refractivity contribution in [2.45, 2.75) is 83.7 Å². The lowest BCUT2D eigenvalue weighted by Crippen LogP contribution is -2.46. The van der Waals surface area contributed by atoms with Crippen LogP contribution in [0.3, 0.4) is 0 Å². The first-order valence-corrected chi connectivity index (χ1v) is 8.78. The van der Waals surface area contributed by atoms with Crippen molar-refractivity contribution in [1.82, 2.24) is 10.2 Å². The number of nitrogens with one attached hydrogen (secondary N) is 1. The van der Waals surface area contributed by atoms with Gasteiger partial charge in [0.05, 0.1) is 0 Å². The van der Waals surface area contributed by atoms with Crippen LogP contribution >= 0.6 is 0 Å². The lowest BCUT2D eigenvalue weighted by molar-refractivity contribution is 0.113. The second kappa shape index (κ2) is 8.26. The van der Waals surface area contributed by atoms with Gasteiger partial charge in [-0.3, -0.25) is 4.90 Å². The predicted octanol–water partition coefficient (Wildman–Crippen LogP) is 3.81. The van der Waals surface area contributed by atoms with Crippen molar-refractivity contribution < 1.29 is 0 Å². The smallest absolute Gasteiger partial charge is 0.0124 e. The number of fused-ring (bicyclic) bond motifs is 1. The molecule has 0 amide bonds. The summed E-state index contributed by atoms with van der Waals surface area (Å²) in [7, 11) is 0. The third kappa shape index (κ3) is 4.75. The molecule has 0 bridgehead atoms. The number of rotatable bonds is 8. The summed E-state index contributed by atoms with van der Waals surface area (Å²) in [6, 6.07) is 1.64. The highest BCUT2D eigenvalue weighted by atomic mass is 15.2. The van der Waals surface area contributed by atoms with Gasteiger partial charge >= 0.3 is 0 Å². The van der Waals surface area contributed by atoms with Gasteiger partial charge in [-0.1, -0.05) is 32.6 Å². The van der Waals surface area contributed by atoms with Gasteiger partial charge in [0.2, 0.25) is 0 Å². The molecule has 2 nitrogen and oxygen atoms in total. The SMILES string of the molecule is CCCCCC(C)NCCN1CCCC2CCCC21. The van der Waals surface area contributed by atoms with Crippen molar-refractivity contribution in [1.29, 1.82) is 0 Å². The molecule has 1 aliphatic heterocycles. The third-order valence-electron chi connectivity index (χ3n) is 5.24. The molecule has 0 spiro atoms. The minimum absolute atomic E-state index is 0.704. The van der Waals surface area contributed by atoms with Gasteiger partial charge in [-0.25, -0.2) is 0 Å². The lowest BCUT2D eigenvalue weighted by atomic mass is 9.92. The Bertz CT molecular complexity index is 241. The molecule has 0 aromatic rings. The molecular formula is C17H34N2. The summed E-state index contributed by atoms with van der Waals surface area (Å²) in [5.41, 5.74) is 0. The highest BCUT2D eigenvalue weighted by Crippen LogP contribution is 2.36. The molecule has 1 aliphatic carbocycles. The maximum absolute atomic E-state index is 3.73. The van der Waals surface area contributed by atoms with Crippen LogP contribution in [0.15, 0.2) is 0 Å². The molecule has 3 atom stereocenters. The first-order chi connectivity index (χ1) is 9.31. The van der Waals surface area contributed by atoms with Crippen LogP contribution in [0.4, 0.5) is 0 Å². The van der Waals surface area contributed by atoms with Crippen LogP contribution in [0, 0.1) is 5.92 Å². The van der Waals surface area contributed by atoms with Crippen molar-refractivity contribution in [3.8, 4) is 0 Å². The number of nitrogens with zero attached hydrogens (tertiary/aromatic N) is 1. The molecule has 2 fully saturated rings. The van der Waals surface area contributed by atoms with Crippen LogP contribution in [0.5, 0.6) is 0 Å². The van der Waals surface area contributed by atoms with Gasteiger partial charge in [0.25, 0.3) is 0 Å². The van der Waals surface area contributed by atoms with Crippen LogP contribution in [0.1, 0.15) is 71.6 Å². The fourth-order valence-corrected chi connectivity index (χ4v) is 4.09. The molecule has 1 N–H and O–H groups in total. The fraction of sp³-hybridized carbons (Fsp3) is 1.00. The van der Waals surface area contributed by atoms with Crippen molar-refractivity contribution in [2.75, 3.05) is 19.6 Å². The highest BCUT2D eigenvalue weighted by molar-refractivity contribution is 4.89. The molecule has 3 unspecified atom stereocenters. The molecule has 1 saturated heterocycles. The summed E-state index contributed by atoms with van der Waals surface area (Å²) in [4.78, 5) is 2.78. The van der Waals surface area contributed by atoms with Gasteiger partial charge in [0.1, 0.15) is 0 Å². The van der Waals surface area contributed by atoms with Crippen LogP contribution < -0.4 is 5.32 Å². The molecule has 0 aromatic heterocycles. The number of unbranched alkanes of at least 4 members (excludes halogenated alkanes) is 2. The Hall–Kier alpha value is -0.0800. The third-order valence-corrected chi connectivity index (χ3v) is 5.24. The topological polar surface area (TPSA) is 15.3 Å². The molecular weight excluding hydrogens is 232 g/mol. The predicted molar refractivity (Wildman–Crippen MR) is 83.5 cm³/mol. The van der Waals surface area contributed by atoms with Crippen LogP contribution in [-0.4, -0.2) is 36.6 Å². The summed E-state index contributed by atoms with van der Waals surface area (Å²) in [6.45, 7) is 8.46. The quantitative estimate of drug-likeness (QED) is 0.672. The number of likely N-dealkylation sites (tertiary alicyclic amines) is 1. The van der Waals surface area contributed by atoms with E-state index in [1.807, 2.05) is 0 Å². The molecule has 19 heavy (non-hydrogen) atoms. The minimum atomic E-state index is 0.704.